The zero-order chi connectivity index (χ0) is 9.84. The normalized spacial score (nSPS) is 9.77. The van der Waals surface area contributed by atoms with E-state index in [1.165, 1.54) is 13.3 Å². The van der Waals surface area contributed by atoms with Crippen LogP contribution in [-0.4, -0.2) is 18.1 Å². The number of methoxy groups -OCH3 is 1. The Balaban J connectivity index is 3.05. The Hall–Kier alpha value is -1.16. The zero-order valence-electron chi connectivity index (χ0n) is 6.88. The molecule has 0 saturated heterocycles. The molecule has 1 rings (SSSR count). The molecule has 0 N–H and O–H groups in total. The van der Waals surface area contributed by atoms with E-state index in [1.54, 1.807) is 0 Å². The first-order valence-corrected chi connectivity index (χ1v) is 4.01. The number of ether oxygens (including phenoxy) is 1. The van der Waals surface area contributed by atoms with Crippen molar-refractivity contribution in [2.24, 2.45) is 0 Å². The molecule has 0 fully saturated rings. The van der Waals surface area contributed by atoms with Gasteiger partial charge in [0.15, 0.2) is 11.5 Å². The minimum atomic E-state index is -0.793. The molecular weight excluding hydrogens is 197 g/mol. The quantitative estimate of drug-likeness (QED) is 0.543. The van der Waals surface area contributed by atoms with Gasteiger partial charge in [-0.05, 0) is 11.6 Å². The average molecular weight is 204 g/mol. The van der Waals surface area contributed by atoms with Crippen molar-refractivity contribution in [2.75, 3.05) is 7.11 Å². The molecule has 0 bridgehead atoms. The number of esters is 1. The van der Waals surface area contributed by atoms with Crippen LogP contribution in [-0.2, 0) is 10.6 Å². The average Bonchev–Trinajstić information content (AvgIpc) is 2.16. The molecule has 0 aliphatic rings. The van der Waals surface area contributed by atoms with E-state index in [0.717, 1.165) is 6.07 Å². The van der Waals surface area contributed by atoms with Crippen molar-refractivity contribution in [3.8, 4) is 0 Å². The number of pyridine rings is 1. The van der Waals surface area contributed by atoms with Crippen LogP contribution in [0.25, 0.3) is 0 Å². The topological polar surface area (TPSA) is 39.2 Å². The number of hydrogen-bond acceptors (Lipinski definition) is 3. The van der Waals surface area contributed by atoms with Gasteiger partial charge in [-0.15, -0.1) is 11.6 Å². The van der Waals surface area contributed by atoms with Gasteiger partial charge in [0.05, 0.1) is 7.11 Å². The summed E-state index contributed by atoms with van der Waals surface area (Å²) in [6.45, 7) is 0. The number of aromatic nitrogens is 1. The molecule has 1 aromatic heterocycles. The second-order valence-electron chi connectivity index (χ2n) is 2.30. The maximum absolute atomic E-state index is 13.1. The van der Waals surface area contributed by atoms with Crippen LogP contribution in [0.5, 0.6) is 0 Å². The molecule has 0 aliphatic carbocycles. The van der Waals surface area contributed by atoms with E-state index in [-0.39, 0.29) is 11.6 Å². The number of halogens is 2. The van der Waals surface area contributed by atoms with E-state index >= 15 is 0 Å². The fraction of sp³-hybridized carbons (Fsp3) is 0.250. The highest BCUT2D eigenvalue weighted by molar-refractivity contribution is 6.17. The minimum Gasteiger partial charge on any atom is -0.464 e. The van der Waals surface area contributed by atoms with Crippen LogP contribution in [0.2, 0.25) is 0 Å². The number of carbonyl (C=O) groups excluding carboxylic acids is 1. The van der Waals surface area contributed by atoms with E-state index in [2.05, 4.69) is 9.72 Å². The van der Waals surface area contributed by atoms with E-state index in [4.69, 9.17) is 11.6 Å². The Kier molecular flexibility index (Phi) is 3.19. The van der Waals surface area contributed by atoms with Crippen molar-refractivity contribution in [2.45, 2.75) is 5.88 Å². The molecule has 70 valence electrons. The molecule has 1 aromatic rings. The Labute approximate surface area is 79.5 Å². The maximum Gasteiger partial charge on any atom is 0.359 e. The van der Waals surface area contributed by atoms with Gasteiger partial charge in [0.25, 0.3) is 0 Å². The summed E-state index contributed by atoms with van der Waals surface area (Å²) >= 11 is 5.44. The molecule has 3 nitrogen and oxygen atoms in total. The molecular formula is C8H7ClFNO2. The standard InChI is InChI=1S/C8H7ClFNO2/c1-13-8(12)7-6(10)2-5(3-9)4-11-7/h2,4H,3H2,1H3. The highest BCUT2D eigenvalue weighted by Gasteiger charge is 2.13. The van der Waals surface area contributed by atoms with Crippen molar-refractivity contribution in [1.82, 2.24) is 4.98 Å². The highest BCUT2D eigenvalue weighted by Crippen LogP contribution is 2.09. The summed E-state index contributed by atoms with van der Waals surface area (Å²) in [5.74, 6) is -1.35. The summed E-state index contributed by atoms with van der Waals surface area (Å²) in [6, 6.07) is 1.16. The van der Waals surface area contributed by atoms with Gasteiger partial charge >= 0.3 is 5.97 Å². The van der Waals surface area contributed by atoms with Gasteiger partial charge in [-0.1, -0.05) is 0 Å². The molecule has 1 heterocycles. The van der Waals surface area contributed by atoms with Gasteiger partial charge in [0.1, 0.15) is 0 Å². The van der Waals surface area contributed by atoms with Gasteiger partial charge in [-0.3, -0.25) is 0 Å². The largest absolute Gasteiger partial charge is 0.464 e. The second-order valence-corrected chi connectivity index (χ2v) is 2.57. The van der Waals surface area contributed by atoms with Crippen LogP contribution in [0.4, 0.5) is 4.39 Å². The molecule has 0 spiro atoms. The molecule has 13 heavy (non-hydrogen) atoms. The number of rotatable bonds is 2. The summed E-state index contributed by atoms with van der Waals surface area (Å²) in [7, 11) is 1.17. The minimum absolute atomic E-state index is 0.158. The fourth-order valence-electron chi connectivity index (χ4n) is 0.797. The van der Waals surface area contributed by atoms with E-state index in [1.807, 2.05) is 0 Å². The first kappa shape index (κ1) is 9.92. The second kappa shape index (κ2) is 4.18. The lowest BCUT2D eigenvalue weighted by molar-refractivity contribution is 0.0588. The fourth-order valence-corrected chi connectivity index (χ4v) is 0.944. The molecule has 0 unspecified atom stereocenters. The predicted molar refractivity (Wildman–Crippen MR) is 45.1 cm³/mol. The van der Waals surface area contributed by atoms with Crippen molar-refractivity contribution >= 4 is 17.6 Å². The predicted octanol–water partition coefficient (Wildman–Crippen LogP) is 1.75. The van der Waals surface area contributed by atoms with E-state index in [0.29, 0.717) is 5.56 Å². The van der Waals surface area contributed by atoms with Crippen LogP contribution in [0.1, 0.15) is 16.1 Å². The third-order valence-electron chi connectivity index (χ3n) is 1.43. The molecule has 0 aromatic carbocycles. The lowest BCUT2D eigenvalue weighted by atomic mass is 10.2. The lowest BCUT2D eigenvalue weighted by Crippen LogP contribution is -2.07. The SMILES string of the molecule is COC(=O)c1ncc(CCl)cc1F. The van der Waals surface area contributed by atoms with Gasteiger partial charge in [-0.2, -0.15) is 0 Å². The first-order chi connectivity index (χ1) is 6.19. The highest BCUT2D eigenvalue weighted by atomic mass is 35.5. The van der Waals surface area contributed by atoms with Crippen LogP contribution in [0.3, 0.4) is 0 Å². The van der Waals surface area contributed by atoms with Crippen molar-refractivity contribution in [3.05, 3.63) is 29.3 Å². The Bertz CT molecular complexity index is 330. The Morgan fingerprint density at radius 1 is 1.77 bits per heavy atom. The van der Waals surface area contributed by atoms with Gasteiger partial charge in [0.2, 0.25) is 0 Å². The van der Waals surface area contributed by atoms with Gasteiger partial charge in [-0.25, -0.2) is 14.2 Å². The molecule has 0 atom stereocenters. The third-order valence-corrected chi connectivity index (χ3v) is 1.74. The number of hydrogen-bond donors (Lipinski definition) is 0. The van der Waals surface area contributed by atoms with E-state index in [9.17, 15) is 9.18 Å². The summed E-state index contributed by atoms with van der Waals surface area (Å²) in [4.78, 5) is 14.5. The van der Waals surface area contributed by atoms with E-state index < -0.39 is 11.8 Å². The third kappa shape index (κ3) is 2.15. The monoisotopic (exact) mass is 203 g/mol. The summed E-state index contributed by atoms with van der Waals surface area (Å²) in [5, 5.41) is 0. The first-order valence-electron chi connectivity index (χ1n) is 3.47. The van der Waals surface area contributed by atoms with Crippen LogP contribution >= 0.6 is 11.6 Å². The van der Waals surface area contributed by atoms with Crippen molar-refractivity contribution in [3.63, 3.8) is 0 Å². The van der Waals surface area contributed by atoms with Crippen LogP contribution in [0.15, 0.2) is 12.3 Å². The lowest BCUT2D eigenvalue weighted by Gasteiger charge is -2.00. The number of nitrogens with zero attached hydrogens (tertiary/aromatic N) is 1. The van der Waals surface area contributed by atoms with Crippen molar-refractivity contribution in [1.29, 1.82) is 0 Å². The maximum atomic E-state index is 13.1. The summed E-state index contributed by atoms with van der Waals surface area (Å²) in [5.41, 5.74) is 0.197. The summed E-state index contributed by atoms with van der Waals surface area (Å²) < 4.78 is 17.4. The zero-order valence-corrected chi connectivity index (χ0v) is 7.64. The van der Waals surface area contributed by atoms with Gasteiger partial charge in [0, 0.05) is 12.1 Å². The van der Waals surface area contributed by atoms with Crippen molar-refractivity contribution < 1.29 is 13.9 Å². The molecule has 5 heteroatoms. The van der Waals surface area contributed by atoms with Crippen LogP contribution in [0, 0.1) is 5.82 Å². The molecule has 0 amide bonds. The smallest absolute Gasteiger partial charge is 0.359 e. The number of alkyl halides is 1. The molecule has 0 radical (unpaired) electrons. The Morgan fingerprint density at radius 3 is 2.92 bits per heavy atom. The molecule has 0 aliphatic heterocycles. The summed E-state index contributed by atoms with van der Waals surface area (Å²) in [6.07, 6.45) is 1.34. The van der Waals surface area contributed by atoms with Gasteiger partial charge < -0.3 is 4.74 Å². The van der Waals surface area contributed by atoms with Crippen LogP contribution < -0.4 is 0 Å². The Morgan fingerprint density at radius 2 is 2.46 bits per heavy atom. The molecule has 0 saturated carbocycles. The number of carbonyl (C=O) groups is 1.